The zero-order chi connectivity index (χ0) is 12.4. The average molecular weight is 311 g/mol. The SMILES string of the molecule is Cc1nn(C)cc1/C=C/C(=O)c1cc(Br)cs1. The minimum absolute atomic E-state index is 0.0175. The lowest BCUT2D eigenvalue weighted by Crippen LogP contribution is -1.88. The summed E-state index contributed by atoms with van der Waals surface area (Å²) < 4.78 is 2.68. The Kier molecular flexibility index (Phi) is 3.59. The Hall–Kier alpha value is -1.20. The first-order valence-corrected chi connectivity index (χ1v) is 6.70. The number of aryl methyl sites for hydroxylation is 2. The maximum absolute atomic E-state index is 11.8. The van der Waals surface area contributed by atoms with Gasteiger partial charge in [0.25, 0.3) is 0 Å². The van der Waals surface area contributed by atoms with Crippen molar-refractivity contribution in [2.45, 2.75) is 6.92 Å². The Labute approximate surface area is 112 Å². The van der Waals surface area contributed by atoms with Crippen molar-refractivity contribution in [3.8, 4) is 0 Å². The van der Waals surface area contributed by atoms with Crippen LogP contribution >= 0.6 is 27.3 Å². The second kappa shape index (κ2) is 4.98. The van der Waals surface area contributed by atoms with Gasteiger partial charge in [-0.2, -0.15) is 5.10 Å². The average Bonchev–Trinajstić information content (AvgIpc) is 2.82. The van der Waals surface area contributed by atoms with Crippen molar-refractivity contribution in [2.75, 3.05) is 0 Å². The maximum Gasteiger partial charge on any atom is 0.195 e. The summed E-state index contributed by atoms with van der Waals surface area (Å²) in [7, 11) is 1.86. The van der Waals surface area contributed by atoms with E-state index in [-0.39, 0.29) is 5.78 Å². The number of ketones is 1. The number of hydrogen-bond acceptors (Lipinski definition) is 3. The molecule has 0 fully saturated rings. The molecule has 2 aromatic rings. The summed E-state index contributed by atoms with van der Waals surface area (Å²) in [4.78, 5) is 12.6. The summed E-state index contributed by atoms with van der Waals surface area (Å²) in [6.07, 6.45) is 5.28. The molecule has 88 valence electrons. The van der Waals surface area contributed by atoms with Gasteiger partial charge < -0.3 is 0 Å². The molecule has 3 nitrogen and oxygen atoms in total. The van der Waals surface area contributed by atoms with Crippen molar-refractivity contribution in [3.05, 3.63) is 44.3 Å². The highest BCUT2D eigenvalue weighted by molar-refractivity contribution is 9.10. The van der Waals surface area contributed by atoms with Crippen LogP contribution in [-0.4, -0.2) is 15.6 Å². The van der Waals surface area contributed by atoms with Gasteiger partial charge in [0, 0.05) is 28.7 Å². The molecular formula is C12H11BrN2OS. The molecule has 2 heterocycles. The van der Waals surface area contributed by atoms with Gasteiger partial charge in [-0.3, -0.25) is 9.48 Å². The van der Waals surface area contributed by atoms with E-state index in [1.807, 2.05) is 31.6 Å². The van der Waals surface area contributed by atoms with Crippen LogP contribution in [0.4, 0.5) is 0 Å². The first-order chi connectivity index (χ1) is 8.06. The summed E-state index contributed by atoms with van der Waals surface area (Å²) in [6.45, 7) is 1.92. The van der Waals surface area contributed by atoms with Gasteiger partial charge in [-0.15, -0.1) is 11.3 Å². The summed E-state index contributed by atoms with van der Waals surface area (Å²) in [5.74, 6) is 0.0175. The van der Waals surface area contributed by atoms with E-state index < -0.39 is 0 Å². The van der Waals surface area contributed by atoms with E-state index in [4.69, 9.17) is 0 Å². The molecule has 5 heteroatoms. The Balaban J connectivity index is 2.16. The van der Waals surface area contributed by atoms with Crippen molar-refractivity contribution in [3.63, 3.8) is 0 Å². The highest BCUT2D eigenvalue weighted by Gasteiger charge is 2.05. The largest absolute Gasteiger partial charge is 0.288 e. The molecule has 0 aliphatic heterocycles. The second-order valence-electron chi connectivity index (χ2n) is 3.67. The minimum Gasteiger partial charge on any atom is -0.288 e. The Morgan fingerprint density at radius 3 is 2.88 bits per heavy atom. The van der Waals surface area contributed by atoms with Crippen LogP contribution in [0.5, 0.6) is 0 Å². The molecule has 0 aliphatic carbocycles. The van der Waals surface area contributed by atoms with Crippen LogP contribution in [0.15, 0.2) is 28.2 Å². The minimum atomic E-state index is 0.0175. The number of carbonyl (C=O) groups is 1. The van der Waals surface area contributed by atoms with E-state index in [1.165, 1.54) is 11.3 Å². The van der Waals surface area contributed by atoms with Crippen molar-refractivity contribution in [2.24, 2.45) is 7.05 Å². The summed E-state index contributed by atoms with van der Waals surface area (Å²) >= 11 is 4.77. The summed E-state index contributed by atoms with van der Waals surface area (Å²) in [5, 5.41) is 6.11. The van der Waals surface area contributed by atoms with Crippen LogP contribution in [0.2, 0.25) is 0 Å². The Morgan fingerprint density at radius 2 is 2.35 bits per heavy atom. The smallest absolute Gasteiger partial charge is 0.195 e. The third-order valence-corrected chi connectivity index (χ3v) is 3.98. The number of nitrogens with zero attached hydrogens (tertiary/aromatic N) is 2. The quantitative estimate of drug-likeness (QED) is 0.643. The highest BCUT2D eigenvalue weighted by atomic mass is 79.9. The third kappa shape index (κ3) is 2.92. The topological polar surface area (TPSA) is 34.9 Å². The molecule has 0 aromatic carbocycles. The van der Waals surface area contributed by atoms with E-state index >= 15 is 0 Å². The standard InChI is InChI=1S/C12H11BrN2OS/c1-8-9(6-15(2)14-8)3-4-11(16)12-5-10(13)7-17-12/h3-7H,1-2H3/b4-3+. The Bertz CT molecular complexity index is 583. The molecule has 17 heavy (non-hydrogen) atoms. The van der Waals surface area contributed by atoms with Crippen LogP contribution in [-0.2, 0) is 7.05 Å². The van der Waals surface area contributed by atoms with Gasteiger partial charge in [-0.1, -0.05) is 0 Å². The van der Waals surface area contributed by atoms with Crippen molar-refractivity contribution in [1.82, 2.24) is 9.78 Å². The van der Waals surface area contributed by atoms with Gasteiger partial charge in [0.2, 0.25) is 0 Å². The van der Waals surface area contributed by atoms with Crippen LogP contribution in [0.3, 0.4) is 0 Å². The molecule has 0 saturated carbocycles. The van der Waals surface area contributed by atoms with Gasteiger partial charge in [0.1, 0.15) is 0 Å². The van der Waals surface area contributed by atoms with E-state index in [1.54, 1.807) is 16.8 Å². The van der Waals surface area contributed by atoms with E-state index in [9.17, 15) is 4.79 Å². The number of allylic oxidation sites excluding steroid dienone is 1. The number of carbonyl (C=O) groups excluding carboxylic acids is 1. The van der Waals surface area contributed by atoms with Gasteiger partial charge in [-0.05, 0) is 41.1 Å². The fraction of sp³-hybridized carbons (Fsp3) is 0.167. The lowest BCUT2D eigenvalue weighted by molar-refractivity contribution is 0.105. The van der Waals surface area contributed by atoms with Crippen LogP contribution < -0.4 is 0 Å². The van der Waals surface area contributed by atoms with Crippen molar-refractivity contribution >= 4 is 39.1 Å². The molecule has 2 rings (SSSR count). The Morgan fingerprint density at radius 1 is 1.59 bits per heavy atom. The van der Waals surface area contributed by atoms with E-state index in [0.29, 0.717) is 0 Å². The predicted molar refractivity (Wildman–Crippen MR) is 73.3 cm³/mol. The number of rotatable bonds is 3. The molecule has 0 N–H and O–H groups in total. The molecular weight excluding hydrogens is 300 g/mol. The third-order valence-electron chi connectivity index (χ3n) is 2.28. The zero-order valence-corrected chi connectivity index (χ0v) is 11.9. The molecule has 0 saturated heterocycles. The van der Waals surface area contributed by atoms with Crippen LogP contribution in [0, 0.1) is 6.92 Å². The van der Waals surface area contributed by atoms with Crippen molar-refractivity contribution in [1.29, 1.82) is 0 Å². The van der Waals surface area contributed by atoms with Gasteiger partial charge in [0.15, 0.2) is 5.78 Å². The lowest BCUT2D eigenvalue weighted by atomic mass is 10.2. The van der Waals surface area contributed by atoms with E-state index in [2.05, 4.69) is 21.0 Å². The summed E-state index contributed by atoms with van der Waals surface area (Å²) in [6, 6.07) is 1.83. The van der Waals surface area contributed by atoms with E-state index in [0.717, 1.165) is 20.6 Å². The molecule has 0 aliphatic rings. The highest BCUT2D eigenvalue weighted by Crippen LogP contribution is 2.20. The molecule has 0 unspecified atom stereocenters. The number of aromatic nitrogens is 2. The zero-order valence-electron chi connectivity index (χ0n) is 9.48. The van der Waals surface area contributed by atoms with Gasteiger partial charge >= 0.3 is 0 Å². The van der Waals surface area contributed by atoms with Gasteiger partial charge in [-0.25, -0.2) is 0 Å². The number of thiophene rings is 1. The first kappa shape index (κ1) is 12.3. The molecule has 0 bridgehead atoms. The van der Waals surface area contributed by atoms with Gasteiger partial charge in [0.05, 0.1) is 10.6 Å². The normalized spacial score (nSPS) is 11.2. The second-order valence-corrected chi connectivity index (χ2v) is 5.50. The molecule has 2 aromatic heterocycles. The number of halogens is 1. The first-order valence-electron chi connectivity index (χ1n) is 5.03. The summed E-state index contributed by atoms with van der Waals surface area (Å²) in [5.41, 5.74) is 1.89. The lowest BCUT2D eigenvalue weighted by Gasteiger charge is -1.88. The molecule has 0 spiro atoms. The number of hydrogen-bond donors (Lipinski definition) is 0. The maximum atomic E-state index is 11.8. The monoisotopic (exact) mass is 310 g/mol. The molecule has 0 amide bonds. The van der Waals surface area contributed by atoms with Crippen LogP contribution in [0.1, 0.15) is 20.9 Å². The fourth-order valence-electron chi connectivity index (χ4n) is 1.47. The molecule has 0 atom stereocenters. The molecule has 0 radical (unpaired) electrons. The fourth-order valence-corrected chi connectivity index (χ4v) is 2.82. The van der Waals surface area contributed by atoms with Crippen molar-refractivity contribution < 1.29 is 4.79 Å². The van der Waals surface area contributed by atoms with Crippen LogP contribution in [0.25, 0.3) is 6.08 Å². The predicted octanol–water partition coefficient (Wildman–Crippen LogP) is 3.45.